The number of methoxy groups -OCH3 is 5. The van der Waals surface area contributed by atoms with Crippen LogP contribution in [0.15, 0.2) is 30.3 Å². The zero-order valence-corrected chi connectivity index (χ0v) is 18.7. The lowest BCUT2D eigenvalue weighted by molar-refractivity contribution is -0.119. The second kappa shape index (κ2) is 11.4. The third-order valence-electron chi connectivity index (χ3n) is 4.35. The molecule has 11 nitrogen and oxygen atoms in total. The van der Waals surface area contributed by atoms with Gasteiger partial charge >= 0.3 is 17.9 Å². The SMILES string of the molecule is COC(=O)c1ccc(C(=O)OC)c(NC(=O)COC(=O)c2cc(OC)c(OC)c(OC)c2)c1. The van der Waals surface area contributed by atoms with Gasteiger partial charge < -0.3 is 33.7 Å². The Morgan fingerprint density at radius 2 is 1.33 bits per heavy atom. The number of benzene rings is 2. The molecule has 0 spiro atoms. The first-order valence-electron chi connectivity index (χ1n) is 9.37. The van der Waals surface area contributed by atoms with Crippen LogP contribution in [0.25, 0.3) is 0 Å². The second-order valence-corrected chi connectivity index (χ2v) is 6.28. The summed E-state index contributed by atoms with van der Waals surface area (Å²) in [4.78, 5) is 48.6. The first-order valence-corrected chi connectivity index (χ1v) is 9.37. The third-order valence-corrected chi connectivity index (χ3v) is 4.35. The van der Waals surface area contributed by atoms with Crippen molar-refractivity contribution < 1.29 is 47.6 Å². The summed E-state index contributed by atoms with van der Waals surface area (Å²) in [5, 5.41) is 2.42. The average Bonchev–Trinajstić information content (AvgIpc) is 2.84. The van der Waals surface area contributed by atoms with Crippen molar-refractivity contribution in [2.45, 2.75) is 0 Å². The first kappa shape index (κ1) is 25.0. The van der Waals surface area contributed by atoms with Gasteiger partial charge in [0.25, 0.3) is 5.91 Å². The minimum absolute atomic E-state index is 0.00513. The smallest absolute Gasteiger partial charge is 0.339 e. The van der Waals surface area contributed by atoms with E-state index < -0.39 is 30.4 Å². The summed E-state index contributed by atoms with van der Waals surface area (Å²) in [6.07, 6.45) is 0. The minimum Gasteiger partial charge on any atom is -0.493 e. The fourth-order valence-electron chi connectivity index (χ4n) is 2.78. The summed E-state index contributed by atoms with van der Waals surface area (Å²) < 4.78 is 29.9. The zero-order valence-electron chi connectivity index (χ0n) is 18.7. The van der Waals surface area contributed by atoms with Crippen LogP contribution < -0.4 is 19.5 Å². The number of carbonyl (C=O) groups is 4. The van der Waals surface area contributed by atoms with E-state index in [9.17, 15) is 19.2 Å². The van der Waals surface area contributed by atoms with Gasteiger partial charge in [-0.1, -0.05) is 0 Å². The molecule has 0 heterocycles. The Morgan fingerprint density at radius 3 is 1.85 bits per heavy atom. The molecule has 0 atom stereocenters. The van der Waals surface area contributed by atoms with Gasteiger partial charge in [-0.2, -0.15) is 0 Å². The minimum atomic E-state index is -0.832. The highest BCUT2D eigenvalue weighted by Crippen LogP contribution is 2.38. The monoisotopic (exact) mass is 461 g/mol. The van der Waals surface area contributed by atoms with E-state index >= 15 is 0 Å². The fourth-order valence-corrected chi connectivity index (χ4v) is 2.78. The first-order chi connectivity index (χ1) is 15.8. The lowest BCUT2D eigenvalue weighted by atomic mass is 10.1. The molecule has 2 aromatic rings. The molecule has 0 bridgehead atoms. The van der Waals surface area contributed by atoms with Gasteiger partial charge in [0.2, 0.25) is 5.75 Å². The van der Waals surface area contributed by atoms with E-state index in [1.54, 1.807) is 0 Å². The van der Waals surface area contributed by atoms with E-state index in [2.05, 4.69) is 14.8 Å². The molecular weight excluding hydrogens is 438 g/mol. The lowest BCUT2D eigenvalue weighted by Crippen LogP contribution is -2.22. The number of esters is 3. The molecule has 0 aromatic heterocycles. The average molecular weight is 461 g/mol. The topological polar surface area (TPSA) is 136 Å². The molecular formula is C22H23NO10. The predicted molar refractivity (Wildman–Crippen MR) is 114 cm³/mol. The van der Waals surface area contributed by atoms with Gasteiger partial charge in [-0.25, -0.2) is 14.4 Å². The molecule has 0 saturated heterocycles. The van der Waals surface area contributed by atoms with E-state index in [1.807, 2.05) is 0 Å². The Morgan fingerprint density at radius 1 is 0.727 bits per heavy atom. The Labute approximate surface area is 189 Å². The maximum atomic E-state index is 12.5. The number of hydrogen-bond donors (Lipinski definition) is 1. The molecule has 0 aliphatic rings. The van der Waals surface area contributed by atoms with Crippen molar-refractivity contribution >= 4 is 29.5 Å². The van der Waals surface area contributed by atoms with Crippen LogP contribution in [-0.2, 0) is 19.0 Å². The van der Waals surface area contributed by atoms with Gasteiger partial charge in [-0.3, -0.25) is 4.79 Å². The van der Waals surface area contributed by atoms with Crippen molar-refractivity contribution in [1.82, 2.24) is 0 Å². The maximum Gasteiger partial charge on any atom is 0.339 e. The normalized spacial score (nSPS) is 9.97. The van der Waals surface area contributed by atoms with Crippen LogP contribution >= 0.6 is 0 Å². The molecule has 33 heavy (non-hydrogen) atoms. The summed E-state index contributed by atoms with van der Waals surface area (Å²) >= 11 is 0. The van der Waals surface area contributed by atoms with Gasteiger partial charge in [-0.05, 0) is 30.3 Å². The summed E-state index contributed by atoms with van der Waals surface area (Å²) in [6, 6.07) is 6.64. The molecule has 0 radical (unpaired) electrons. The van der Waals surface area contributed by atoms with Crippen molar-refractivity contribution in [2.75, 3.05) is 47.5 Å². The number of carbonyl (C=O) groups excluding carboxylic acids is 4. The van der Waals surface area contributed by atoms with Gasteiger partial charge in [0.05, 0.1) is 57.9 Å². The van der Waals surface area contributed by atoms with Crippen molar-refractivity contribution in [3.8, 4) is 17.2 Å². The van der Waals surface area contributed by atoms with Crippen molar-refractivity contribution in [2.24, 2.45) is 0 Å². The maximum absolute atomic E-state index is 12.5. The number of anilines is 1. The van der Waals surface area contributed by atoms with E-state index in [1.165, 1.54) is 65.9 Å². The molecule has 1 N–H and O–H groups in total. The summed E-state index contributed by atoms with van der Waals surface area (Å²) in [5.41, 5.74) is 0.128. The fraction of sp³-hybridized carbons (Fsp3) is 0.273. The highest BCUT2D eigenvalue weighted by Gasteiger charge is 2.20. The van der Waals surface area contributed by atoms with E-state index in [-0.39, 0.29) is 39.6 Å². The van der Waals surface area contributed by atoms with Crippen LogP contribution in [0, 0.1) is 0 Å². The molecule has 0 saturated carbocycles. The highest BCUT2D eigenvalue weighted by atomic mass is 16.5. The second-order valence-electron chi connectivity index (χ2n) is 6.28. The molecule has 0 fully saturated rings. The van der Waals surface area contributed by atoms with Crippen LogP contribution in [0.3, 0.4) is 0 Å². The molecule has 2 rings (SSSR count). The molecule has 0 aliphatic heterocycles. The van der Waals surface area contributed by atoms with Crippen LogP contribution in [0.5, 0.6) is 17.2 Å². The number of amides is 1. The Bertz CT molecular complexity index is 1040. The predicted octanol–water partition coefficient (Wildman–Crippen LogP) is 2.08. The standard InChI is InChI=1S/C22H23NO10/c1-28-16-9-13(10-17(29-2)19(16)30-3)21(26)33-11-18(24)23-15-8-12(20(25)31-4)6-7-14(15)22(27)32-5/h6-10H,11H2,1-5H3,(H,23,24). The van der Waals surface area contributed by atoms with Crippen molar-refractivity contribution in [1.29, 1.82) is 0 Å². The molecule has 1 amide bonds. The highest BCUT2D eigenvalue weighted by molar-refractivity contribution is 6.04. The zero-order chi connectivity index (χ0) is 24.5. The van der Waals surface area contributed by atoms with Crippen LogP contribution in [-0.4, -0.2) is 66.0 Å². The van der Waals surface area contributed by atoms with Crippen LogP contribution in [0.4, 0.5) is 5.69 Å². The molecule has 176 valence electrons. The van der Waals surface area contributed by atoms with Crippen molar-refractivity contribution in [3.63, 3.8) is 0 Å². The quantitative estimate of drug-likeness (QED) is 0.437. The van der Waals surface area contributed by atoms with Crippen molar-refractivity contribution in [3.05, 3.63) is 47.0 Å². The van der Waals surface area contributed by atoms with Gasteiger partial charge in [0.1, 0.15) is 0 Å². The Hall–Kier alpha value is -4.28. The largest absolute Gasteiger partial charge is 0.493 e. The van der Waals surface area contributed by atoms with Crippen LogP contribution in [0.2, 0.25) is 0 Å². The molecule has 0 aliphatic carbocycles. The molecule has 11 heteroatoms. The van der Waals surface area contributed by atoms with Gasteiger partial charge in [0.15, 0.2) is 18.1 Å². The third kappa shape index (κ3) is 5.91. The lowest BCUT2D eigenvalue weighted by Gasteiger charge is -2.14. The summed E-state index contributed by atoms with van der Waals surface area (Å²) in [7, 11) is 6.56. The van der Waals surface area contributed by atoms with E-state index in [4.69, 9.17) is 18.9 Å². The number of nitrogens with one attached hydrogen (secondary N) is 1. The number of hydrogen-bond acceptors (Lipinski definition) is 10. The molecule has 0 unspecified atom stereocenters. The van der Waals surface area contributed by atoms with Gasteiger partial charge in [0, 0.05) is 0 Å². The Kier molecular flexibility index (Phi) is 8.61. The molecule has 2 aromatic carbocycles. The summed E-state index contributed by atoms with van der Waals surface area (Å²) in [6.45, 7) is -0.682. The van der Waals surface area contributed by atoms with E-state index in [0.717, 1.165) is 0 Å². The summed E-state index contributed by atoms with van der Waals surface area (Å²) in [5.74, 6) is -2.25. The number of ether oxygens (including phenoxy) is 6. The van der Waals surface area contributed by atoms with Crippen LogP contribution in [0.1, 0.15) is 31.1 Å². The van der Waals surface area contributed by atoms with Gasteiger partial charge in [-0.15, -0.1) is 0 Å². The van der Waals surface area contributed by atoms with E-state index in [0.29, 0.717) is 0 Å². The Balaban J connectivity index is 2.18. The number of rotatable bonds is 9.